The van der Waals surface area contributed by atoms with Gasteiger partial charge in [0.05, 0.1) is 0 Å². The summed E-state index contributed by atoms with van der Waals surface area (Å²) < 4.78 is 19.6. The molecule has 3 nitrogen and oxygen atoms in total. The lowest BCUT2D eigenvalue weighted by Gasteiger charge is -2.29. The zero-order chi connectivity index (χ0) is 16.4. The van der Waals surface area contributed by atoms with E-state index < -0.39 is 5.60 Å². The number of aryl methyl sites for hydroxylation is 1. The fourth-order valence-corrected chi connectivity index (χ4v) is 3.19. The number of hydrogen-bond acceptors (Lipinski definition) is 3. The standard InChI is InChI=1S/C19H20FNO2/c1-13-3-4-15(10-18(13)20)14-5-6-16(11-22)17(9-14)19(23-2)7-8-21-12-19/h3-6,9-11,21H,7-8,12H2,1-2H3. The van der Waals surface area contributed by atoms with Gasteiger partial charge in [-0.05, 0) is 54.3 Å². The number of ether oxygens (including phenoxy) is 1. The third-order valence-corrected chi connectivity index (χ3v) is 4.68. The molecule has 0 bridgehead atoms. The molecule has 1 saturated heterocycles. The summed E-state index contributed by atoms with van der Waals surface area (Å²) in [5.41, 5.74) is 3.27. The normalized spacial score (nSPS) is 20.7. The van der Waals surface area contributed by atoms with Crippen molar-refractivity contribution in [1.82, 2.24) is 5.32 Å². The van der Waals surface area contributed by atoms with Crippen molar-refractivity contribution >= 4 is 6.29 Å². The quantitative estimate of drug-likeness (QED) is 0.879. The van der Waals surface area contributed by atoms with Gasteiger partial charge >= 0.3 is 0 Å². The monoisotopic (exact) mass is 313 g/mol. The lowest BCUT2D eigenvalue weighted by Crippen LogP contribution is -2.32. The van der Waals surface area contributed by atoms with Gasteiger partial charge in [0.15, 0.2) is 0 Å². The van der Waals surface area contributed by atoms with Crippen LogP contribution in [0.15, 0.2) is 36.4 Å². The lowest BCUT2D eigenvalue weighted by atomic mass is 9.86. The van der Waals surface area contributed by atoms with Crippen LogP contribution in [0.4, 0.5) is 4.39 Å². The number of carbonyl (C=O) groups excluding carboxylic acids is 1. The molecule has 4 heteroatoms. The van der Waals surface area contributed by atoms with Gasteiger partial charge in [-0.25, -0.2) is 4.39 Å². The molecular weight excluding hydrogens is 293 g/mol. The molecule has 1 N–H and O–H groups in total. The molecule has 0 spiro atoms. The van der Waals surface area contributed by atoms with E-state index in [1.165, 1.54) is 6.07 Å². The van der Waals surface area contributed by atoms with Crippen LogP contribution in [0.25, 0.3) is 11.1 Å². The largest absolute Gasteiger partial charge is 0.372 e. The van der Waals surface area contributed by atoms with Gasteiger partial charge in [0, 0.05) is 19.2 Å². The van der Waals surface area contributed by atoms with E-state index >= 15 is 0 Å². The maximum atomic E-state index is 13.9. The number of hydrogen-bond donors (Lipinski definition) is 1. The number of halogens is 1. The van der Waals surface area contributed by atoms with Crippen molar-refractivity contribution < 1.29 is 13.9 Å². The van der Waals surface area contributed by atoms with E-state index in [1.54, 1.807) is 26.2 Å². The van der Waals surface area contributed by atoms with E-state index in [4.69, 9.17) is 4.74 Å². The lowest BCUT2D eigenvalue weighted by molar-refractivity contribution is 0.00282. The van der Waals surface area contributed by atoms with Gasteiger partial charge in [0.1, 0.15) is 17.7 Å². The fourth-order valence-electron chi connectivity index (χ4n) is 3.19. The minimum absolute atomic E-state index is 0.229. The topological polar surface area (TPSA) is 38.3 Å². The molecule has 0 radical (unpaired) electrons. The van der Waals surface area contributed by atoms with Crippen molar-refractivity contribution in [2.45, 2.75) is 18.9 Å². The first-order valence-corrected chi connectivity index (χ1v) is 7.72. The number of aldehydes is 1. The average Bonchev–Trinajstić information content (AvgIpc) is 3.07. The van der Waals surface area contributed by atoms with Gasteiger partial charge in [-0.3, -0.25) is 4.79 Å². The summed E-state index contributed by atoms with van der Waals surface area (Å²) in [6.07, 6.45) is 1.66. The van der Waals surface area contributed by atoms with Crippen molar-refractivity contribution in [3.63, 3.8) is 0 Å². The Morgan fingerprint density at radius 1 is 1.22 bits per heavy atom. The van der Waals surface area contributed by atoms with E-state index in [1.807, 2.05) is 18.2 Å². The highest BCUT2D eigenvalue weighted by atomic mass is 19.1. The second kappa shape index (κ2) is 6.22. The highest BCUT2D eigenvalue weighted by Crippen LogP contribution is 2.36. The number of nitrogens with one attached hydrogen (secondary N) is 1. The van der Waals surface area contributed by atoms with Crippen molar-refractivity contribution in [2.75, 3.05) is 20.2 Å². The highest BCUT2D eigenvalue weighted by molar-refractivity contribution is 5.80. The Hall–Kier alpha value is -2.04. The van der Waals surface area contributed by atoms with Crippen LogP contribution in [0, 0.1) is 12.7 Å². The molecule has 120 valence electrons. The van der Waals surface area contributed by atoms with Crippen molar-refractivity contribution in [2.24, 2.45) is 0 Å². The van der Waals surface area contributed by atoms with Gasteiger partial charge in [-0.1, -0.05) is 24.3 Å². The molecule has 1 aliphatic rings. The molecule has 1 heterocycles. The summed E-state index contributed by atoms with van der Waals surface area (Å²) in [6, 6.07) is 10.8. The van der Waals surface area contributed by atoms with Crippen molar-refractivity contribution in [3.8, 4) is 11.1 Å². The predicted octanol–water partition coefficient (Wildman–Crippen LogP) is 3.45. The van der Waals surface area contributed by atoms with Gasteiger partial charge in [-0.15, -0.1) is 0 Å². The van der Waals surface area contributed by atoms with Crippen LogP contribution in [-0.2, 0) is 10.3 Å². The molecule has 0 aromatic heterocycles. The Labute approximate surface area is 135 Å². The summed E-state index contributed by atoms with van der Waals surface area (Å²) >= 11 is 0. The van der Waals surface area contributed by atoms with Gasteiger partial charge < -0.3 is 10.1 Å². The summed E-state index contributed by atoms with van der Waals surface area (Å²) in [4.78, 5) is 11.5. The Kier molecular flexibility index (Phi) is 4.28. The van der Waals surface area contributed by atoms with Gasteiger partial charge in [0.25, 0.3) is 0 Å². The van der Waals surface area contributed by atoms with E-state index in [2.05, 4.69) is 5.32 Å². The van der Waals surface area contributed by atoms with Crippen LogP contribution in [0.5, 0.6) is 0 Å². The Morgan fingerprint density at radius 3 is 2.57 bits per heavy atom. The minimum Gasteiger partial charge on any atom is -0.372 e. The first-order valence-electron chi connectivity index (χ1n) is 7.72. The Morgan fingerprint density at radius 2 is 1.96 bits per heavy atom. The number of benzene rings is 2. The summed E-state index contributed by atoms with van der Waals surface area (Å²) in [6.45, 7) is 3.25. The molecule has 1 atom stereocenters. The van der Waals surface area contributed by atoms with Crippen LogP contribution in [0.1, 0.15) is 27.9 Å². The van der Waals surface area contributed by atoms with Crippen LogP contribution in [-0.4, -0.2) is 26.5 Å². The number of carbonyl (C=O) groups is 1. The molecule has 0 aliphatic carbocycles. The summed E-state index contributed by atoms with van der Waals surface area (Å²) in [5, 5.41) is 3.29. The third-order valence-electron chi connectivity index (χ3n) is 4.68. The highest BCUT2D eigenvalue weighted by Gasteiger charge is 2.37. The number of rotatable bonds is 4. The Bertz CT molecular complexity index is 736. The van der Waals surface area contributed by atoms with E-state index in [-0.39, 0.29) is 5.82 Å². The van der Waals surface area contributed by atoms with Crippen LogP contribution < -0.4 is 5.32 Å². The van der Waals surface area contributed by atoms with Crippen molar-refractivity contribution in [3.05, 3.63) is 58.9 Å². The van der Waals surface area contributed by atoms with Crippen LogP contribution in [0.2, 0.25) is 0 Å². The molecule has 2 aromatic rings. The summed E-state index contributed by atoms with van der Waals surface area (Å²) in [5.74, 6) is -0.229. The SMILES string of the molecule is COC1(c2cc(-c3ccc(C)c(F)c3)ccc2C=O)CCNC1. The Balaban J connectivity index is 2.12. The van der Waals surface area contributed by atoms with Gasteiger partial charge in [-0.2, -0.15) is 0 Å². The first-order chi connectivity index (χ1) is 11.1. The molecule has 1 aliphatic heterocycles. The molecular formula is C19H20FNO2. The predicted molar refractivity (Wildman–Crippen MR) is 88.1 cm³/mol. The number of methoxy groups -OCH3 is 1. The van der Waals surface area contributed by atoms with Crippen LogP contribution in [0.3, 0.4) is 0 Å². The minimum atomic E-state index is -0.504. The van der Waals surface area contributed by atoms with Crippen molar-refractivity contribution in [1.29, 1.82) is 0 Å². The van der Waals surface area contributed by atoms with Crippen LogP contribution >= 0.6 is 0 Å². The molecule has 3 rings (SSSR count). The molecule has 1 fully saturated rings. The molecule has 23 heavy (non-hydrogen) atoms. The summed E-state index contributed by atoms with van der Waals surface area (Å²) in [7, 11) is 1.67. The molecule has 0 amide bonds. The second-order valence-electron chi connectivity index (χ2n) is 6.01. The first kappa shape index (κ1) is 15.8. The third kappa shape index (κ3) is 2.80. The maximum absolute atomic E-state index is 13.9. The van der Waals surface area contributed by atoms with E-state index in [0.717, 1.165) is 35.9 Å². The fraction of sp³-hybridized carbons (Fsp3) is 0.316. The van der Waals surface area contributed by atoms with E-state index in [9.17, 15) is 9.18 Å². The zero-order valence-corrected chi connectivity index (χ0v) is 13.4. The zero-order valence-electron chi connectivity index (χ0n) is 13.4. The maximum Gasteiger partial charge on any atom is 0.150 e. The average molecular weight is 313 g/mol. The molecule has 0 saturated carbocycles. The molecule has 2 aromatic carbocycles. The van der Waals surface area contributed by atoms with E-state index in [0.29, 0.717) is 17.7 Å². The van der Waals surface area contributed by atoms with Gasteiger partial charge in [0.2, 0.25) is 0 Å². The molecule has 1 unspecified atom stereocenters. The smallest absolute Gasteiger partial charge is 0.150 e. The second-order valence-corrected chi connectivity index (χ2v) is 6.01.